The Balaban J connectivity index is 1.48. The van der Waals surface area contributed by atoms with Crippen LogP contribution in [-0.4, -0.2) is 35.8 Å². The van der Waals surface area contributed by atoms with Gasteiger partial charge >= 0.3 is 0 Å². The highest BCUT2D eigenvalue weighted by Gasteiger charge is 2.61. The van der Waals surface area contributed by atoms with Gasteiger partial charge in [-0.05, 0) is 42.0 Å². The van der Waals surface area contributed by atoms with Crippen molar-refractivity contribution in [2.75, 3.05) is 12.4 Å². The highest BCUT2D eigenvalue weighted by Crippen LogP contribution is 2.53. The maximum Gasteiger partial charge on any atom is 0.248 e. The Kier molecular flexibility index (Phi) is 5.25. The monoisotopic (exact) mass is 450 g/mol. The van der Waals surface area contributed by atoms with Crippen molar-refractivity contribution in [1.82, 2.24) is 4.90 Å². The van der Waals surface area contributed by atoms with Crippen LogP contribution in [0.15, 0.2) is 60.7 Å². The van der Waals surface area contributed by atoms with Crippen molar-refractivity contribution in [3.05, 3.63) is 71.3 Å². The predicted molar refractivity (Wildman–Crippen MR) is 120 cm³/mol. The summed E-state index contributed by atoms with van der Waals surface area (Å²) in [5.74, 6) is -1.04. The van der Waals surface area contributed by atoms with E-state index in [-0.39, 0.29) is 41.9 Å². The van der Waals surface area contributed by atoms with Crippen molar-refractivity contribution in [1.29, 1.82) is 0 Å². The minimum atomic E-state index is -0.967. The van der Waals surface area contributed by atoms with Crippen LogP contribution in [0.3, 0.4) is 0 Å². The van der Waals surface area contributed by atoms with Gasteiger partial charge in [-0.2, -0.15) is 0 Å². The quantitative estimate of drug-likeness (QED) is 0.537. The van der Waals surface area contributed by atoms with Crippen molar-refractivity contribution >= 4 is 35.0 Å². The molecule has 2 aromatic rings. The number of hydrogen-bond acceptors (Lipinski definition) is 4. The van der Waals surface area contributed by atoms with E-state index in [9.17, 15) is 14.4 Å². The second-order valence-corrected chi connectivity index (χ2v) is 9.02. The topological polar surface area (TPSA) is 75.7 Å². The molecule has 1 N–H and O–H groups in total. The van der Waals surface area contributed by atoms with Gasteiger partial charge in [-0.1, -0.05) is 54.1 Å². The van der Waals surface area contributed by atoms with E-state index in [1.807, 2.05) is 42.5 Å². The van der Waals surface area contributed by atoms with Crippen molar-refractivity contribution in [2.24, 2.45) is 23.7 Å². The molecule has 6 nitrogen and oxygen atoms in total. The normalized spacial score (nSPS) is 26.4. The smallest absolute Gasteiger partial charge is 0.248 e. The Morgan fingerprint density at radius 1 is 1.09 bits per heavy atom. The number of carbonyl (C=O) groups excluding carboxylic acids is 3. The van der Waals surface area contributed by atoms with Gasteiger partial charge in [0.1, 0.15) is 11.8 Å². The number of methoxy groups -OCH3 is 1. The molecular weight excluding hydrogens is 428 g/mol. The molecule has 2 bridgehead atoms. The van der Waals surface area contributed by atoms with E-state index in [4.69, 9.17) is 16.3 Å². The lowest BCUT2D eigenvalue weighted by Gasteiger charge is -2.27. The average Bonchev–Trinajstić information content (AvgIpc) is 3.47. The number of benzene rings is 2. The van der Waals surface area contributed by atoms with Gasteiger partial charge < -0.3 is 10.1 Å². The van der Waals surface area contributed by atoms with Crippen molar-refractivity contribution in [3.8, 4) is 5.75 Å². The maximum absolute atomic E-state index is 13.5. The summed E-state index contributed by atoms with van der Waals surface area (Å²) in [4.78, 5) is 41.5. The Labute approximate surface area is 191 Å². The highest BCUT2D eigenvalue weighted by molar-refractivity contribution is 6.31. The zero-order valence-corrected chi connectivity index (χ0v) is 18.3. The number of likely N-dealkylation sites (tertiary alicyclic amines) is 1. The third kappa shape index (κ3) is 3.39. The van der Waals surface area contributed by atoms with E-state index in [0.29, 0.717) is 16.5 Å². The first-order chi connectivity index (χ1) is 15.5. The van der Waals surface area contributed by atoms with E-state index in [2.05, 4.69) is 5.32 Å². The van der Waals surface area contributed by atoms with E-state index in [1.165, 1.54) is 12.0 Å². The van der Waals surface area contributed by atoms with Gasteiger partial charge in [0.2, 0.25) is 17.7 Å². The first-order valence-corrected chi connectivity index (χ1v) is 11.1. The Hall–Kier alpha value is -3.12. The van der Waals surface area contributed by atoms with E-state index >= 15 is 0 Å². The van der Waals surface area contributed by atoms with Crippen molar-refractivity contribution in [2.45, 2.75) is 18.9 Å². The lowest BCUT2D eigenvalue weighted by Crippen LogP contribution is -2.49. The molecule has 3 aliphatic rings. The summed E-state index contributed by atoms with van der Waals surface area (Å²) < 4.78 is 5.33. The molecule has 1 aliphatic heterocycles. The van der Waals surface area contributed by atoms with Gasteiger partial charge in [0, 0.05) is 11.4 Å². The Bertz CT molecular complexity index is 1090. The van der Waals surface area contributed by atoms with Gasteiger partial charge in [0.05, 0.1) is 24.6 Å². The number of fused-ring (bicyclic) bond motifs is 5. The third-order valence-electron chi connectivity index (χ3n) is 6.81. The number of rotatable bonds is 6. The summed E-state index contributed by atoms with van der Waals surface area (Å²) in [6.07, 6.45) is 5.17. The minimum Gasteiger partial charge on any atom is -0.495 e. The number of allylic oxidation sites excluding steroid dienone is 2. The number of nitrogens with zero attached hydrogens (tertiary/aromatic N) is 1. The van der Waals surface area contributed by atoms with Gasteiger partial charge in [0.25, 0.3) is 0 Å². The molecule has 5 atom stereocenters. The summed E-state index contributed by atoms with van der Waals surface area (Å²) in [7, 11) is 1.50. The van der Waals surface area contributed by atoms with Crippen LogP contribution in [-0.2, 0) is 20.8 Å². The molecule has 0 aromatic heterocycles. The van der Waals surface area contributed by atoms with Crippen LogP contribution < -0.4 is 10.1 Å². The van der Waals surface area contributed by atoms with Crippen LogP contribution in [0.4, 0.5) is 5.69 Å². The summed E-state index contributed by atoms with van der Waals surface area (Å²) in [5, 5.41) is 3.27. The van der Waals surface area contributed by atoms with E-state index < -0.39 is 11.9 Å². The fourth-order valence-corrected chi connectivity index (χ4v) is 5.54. The highest BCUT2D eigenvalue weighted by atomic mass is 35.5. The van der Waals surface area contributed by atoms with Crippen LogP contribution in [0, 0.1) is 23.7 Å². The first kappa shape index (κ1) is 20.8. The molecule has 1 saturated carbocycles. The van der Waals surface area contributed by atoms with Crippen LogP contribution in [0.2, 0.25) is 5.02 Å². The average molecular weight is 451 g/mol. The SMILES string of the molecule is COc1ccc(Cl)cc1NC(=O)[C@H](Cc1ccccc1)N1C(=O)[C@@H]2[C@H](C1=O)[C@H]1C=C[C@H]2C1. The Morgan fingerprint density at radius 3 is 2.38 bits per heavy atom. The second kappa shape index (κ2) is 8.10. The standard InChI is InChI=1S/C25H23ClN2O4/c1-32-20-10-9-17(26)13-18(20)27-23(29)19(11-14-5-3-2-4-6-14)28-24(30)21-15-7-8-16(12-15)22(21)25(28)31/h2-10,13,15-16,19,21-22H,11-12H2,1H3,(H,27,29)/t15-,16-,19-,21-,22+/m0/s1. The molecule has 2 fully saturated rings. The number of carbonyl (C=O) groups is 3. The fraction of sp³-hybridized carbons (Fsp3) is 0.320. The minimum absolute atomic E-state index is 0.0833. The zero-order chi connectivity index (χ0) is 22.4. The molecule has 3 amide bonds. The summed E-state index contributed by atoms with van der Waals surface area (Å²) >= 11 is 6.11. The molecule has 2 aromatic carbocycles. The molecule has 1 heterocycles. The fourth-order valence-electron chi connectivity index (χ4n) is 5.37. The van der Waals surface area contributed by atoms with Gasteiger partial charge in [-0.25, -0.2) is 0 Å². The summed E-state index contributed by atoms with van der Waals surface area (Å²) in [5.41, 5.74) is 1.26. The van der Waals surface area contributed by atoms with Gasteiger partial charge in [-0.3, -0.25) is 19.3 Å². The number of hydrogen-bond donors (Lipinski definition) is 1. The lowest BCUT2D eigenvalue weighted by molar-refractivity contribution is -0.147. The largest absolute Gasteiger partial charge is 0.495 e. The molecule has 1 saturated heterocycles. The molecule has 0 unspecified atom stereocenters. The molecule has 5 rings (SSSR count). The molecule has 7 heteroatoms. The molecule has 2 aliphatic carbocycles. The number of anilines is 1. The van der Waals surface area contributed by atoms with Crippen LogP contribution in [0.5, 0.6) is 5.75 Å². The predicted octanol–water partition coefficient (Wildman–Crippen LogP) is 3.71. The number of imide groups is 1. The van der Waals surface area contributed by atoms with Crippen molar-refractivity contribution < 1.29 is 19.1 Å². The maximum atomic E-state index is 13.5. The number of ether oxygens (including phenoxy) is 1. The van der Waals surface area contributed by atoms with Crippen LogP contribution in [0.1, 0.15) is 12.0 Å². The lowest BCUT2D eigenvalue weighted by atomic mass is 9.85. The molecule has 32 heavy (non-hydrogen) atoms. The van der Waals surface area contributed by atoms with E-state index in [0.717, 1.165) is 12.0 Å². The zero-order valence-electron chi connectivity index (χ0n) is 17.5. The van der Waals surface area contributed by atoms with Gasteiger partial charge in [-0.15, -0.1) is 0 Å². The molecule has 0 radical (unpaired) electrons. The number of nitrogens with one attached hydrogen (secondary N) is 1. The third-order valence-corrected chi connectivity index (χ3v) is 7.05. The molecule has 164 valence electrons. The number of amides is 3. The summed E-state index contributed by atoms with van der Waals surface area (Å²) in [6, 6.07) is 13.3. The summed E-state index contributed by atoms with van der Waals surface area (Å²) in [6.45, 7) is 0. The molecular formula is C25H23ClN2O4. The Morgan fingerprint density at radius 2 is 1.75 bits per heavy atom. The number of halogens is 1. The molecule has 0 spiro atoms. The second-order valence-electron chi connectivity index (χ2n) is 8.59. The van der Waals surface area contributed by atoms with Gasteiger partial charge in [0.15, 0.2) is 0 Å². The first-order valence-electron chi connectivity index (χ1n) is 10.7. The van der Waals surface area contributed by atoms with Crippen LogP contribution in [0.25, 0.3) is 0 Å². The van der Waals surface area contributed by atoms with E-state index in [1.54, 1.807) is 18.2 Å². The van der Waals surface area contributed by atoms with Crippen LogP contribution >= 0.6 is 11.6 Å². The van der Waals surface area contributed by atoms with Crippen molar-refractivity contribution in [3.63, 3.8) is 0 Å².